The third-order valence-corrected chi connectivity index (χ3v) is 3.34. The molecule has 2 rings (SSSR count). The van der Waals surface area contributed by atoms with Crippen LogP contribution >= 0.6 is 0 Å². The topological polar surface area (TPSA) is 55.8 Å². The van der Waals surface area contributed by atoms with Gasteiger partial charge < -0.3 is 14.6 Å². The van der Waals surface area contributed by atoms with Crippen LogP contribution in [0.15, 0.2) is 0 Å². The summed E-state index contributed by atoms with van der Waals surface area (Å²) in [6, 6.07) is 0. The number of hydrogen-bond acceptors (Lipinski definition) is 4. The van der Waals surface area contributed by atoms with Gasteiger partial charge in [-0.15, -0.1) is 0 Å². The molecule has 0 radical (unpaired) electrons. The van der Waals surface area contributed by atoms with Crippen LogP contribution in [-0.4, -0.2) is 37.5 Å². The van der Waals surface area contributed by atoms with Crippen LogP contribution in [0.1, 0.15) is 12.8 Å². The number of aliphatic hydroxyl groups is 1. The fourth-order valence-electron chi connectivity index (χ4n) is 2.55. The highest BCUT2D eigenvalue weighted by molar-refractivity contribution is 5.72. The molecule has 2 fully saturated rings. The van der Waals surface area contributed by atoms with E-state index in [-0.39, 0.29) is 29.8 Å². The van der Waals surface area contributed by atoms with Gasteiger partial charge >= 0.3 is 5.97 Å². The molecule has 14 heavy (non-hydrogen) atoms. The molecular formula is C10H16O4. The fourth-order valence-corrected chi connectivity index (χ4v) is 2.55. The van der Waals surface area contributed by atoms with E-state index in [0.717, 1.165) is 0 Å². The van der Waals surface area contributed by atoms with Crippen LogP contribution < -0.4 is 0 Å². The van der Waals surface area contributed by atoms with E-state index in [2.05, 4.69) is 0 Å². The number of esters is 1. The number of methoxy groups -OCH3 is 1. The lowest BCUT2D eigenvalue weighted by atomic mass is 9.72. The molecule has 1 N–H and O–H groups in total. The molecule has 4 nitrogen and oxygen atoms in total. The normalized spacial score (nSPS) is 41.9. The van der Waals surface area contributed by atoms with Crippen LogP contribution in [0.3, 0.4) is 0 Å². The first kappa shape index (κ1) is 9.93. The Kier molecular flexibility index (Phi) is 2.74. The van der Waals surface area contributed by atoms with Crippen LogP contribution in [0.5, 0.6) is 0 Å². The predicted octanol–water partition coefficient (Wildman–Crippen LogP) is 0.193. The van der Waals surface area contributed by atoms with Gasteiger partial charge in [-0.2, -0.15) is 0 Å². The highest BCUT2D eigenvalue weighted by Crippen LogP contribution is 2.37. The minimum Gasteiger partial charge on any atom is -0.469 e. The minimum absolute atomic E-state index is 0.0395. The molecule has 2 bridgehead atoms. The van der Waals surface area contributed by atoms with E-state index in [4.69, 9.17) is 9.47 Å². The van der Waals surface area contributed by atoms with E-state index >= 15 is 0 Å². The van der Waals surface area contributed by atoms with Crippen molar-refractivity contribution in [3.8, 4) is 0 Å². The summed E-state index contributed by atoms with van der Waals surface area (Å²) < 4.78 is 10.1. The van der Waals surface area contributed by atoms with E-state index < -0.39 is 0 Å². The van der Waals surface area contributed by atoms with E-state index in [9.17, 15) is 9.90 Å². The van der Waals surface area contributed by atoms with Gasteiger partial charge in [-0.1, -0.05) is 0 Å². The van der Waals surface area contributed by atoms with Crippen LogP contribution in [0.2, 0.25) is 0 Å². The minimum atomic E-state index is -0.287. The second kappa shape index (κ2) is 3.87. The van der Waals surface area contributed by atoms with Crippen molar-refractivity contribution in [2.24, 2.45) is 17.8 Å². The van der Waals surface area contributed by atoms with Crippen molar-refractivity contribution in [2.75, 3.05) is 20.3 Å². The second-order valence-corrected chi connectivity index (χ2v) is 4.24. The third kappa shape index (κ3) is 1.64. The van der Waals surface area contributed by atoms with Crippen LogP contribution in [0.4, 0.5) is 0 Å². The summed E-state index contributed by atoms with van der Waals surface area (Å²) in [6.07, 6.45) is 1.11. The maximum absolute atomic E-state index is 11.4. The summed E-state index contributed by atoms with van der Waals surface area (Å²) in [5.74, 6) is 0.0503. The molecule has 1 saturated carbocycles. The molecule has 0 aromatic carbocycles. The van der Waals surface area contributed by atoms with Crippen molar-refractivity contribution in [1.29, 1.82) is 0 Å². The highest BCUT2D eigenvalue weighted by atomic mass is 16.5. The quantitative estimate of drug-likeness (QED) is 0.614. The summed E-state index contributed by atoms with van der Waals surface area (Å²) in [5, 5.41) is 9.83. The number of aliphatic hydroxyl groups excluding tert-OH is 1. The number of carbonyl (C=O) groups is 1. The van der Waals surface area contributed by atoms with Gasteiger partial charge in [0.1, 0.15) is 0 Å². The molecule has 0 aromatic heterocycles. The molecule has 1 aliphatic carbocycles. The zero-order chi connectivity index (χ0) is 10.1. The van der Waals surface area contributed by atoms with Crippen molar-refractivity contribution >= 4 is 5.97 Å². The zero-order valence-corrected chi connectivity index (χ0v) is 8.31. The molecule has 4 heteroatoms. The van der Waals surface area contributed by atoms with E-state index in [0.29, 0.717) is 26.1 Å². The Morgan fingerprint density at radius 1 is 1.36 bits per heavy atom. The maximum Gasteiger partial charge on any atom is 0.308 e. The number of hydrogen-bond donors (Lipinski definition) is 1. The number of fused-ring (bicyclic) bond motifs is 2. The summed E-state index contributed by atoms with van der Waals surface area (Å²) in [5.41, 5.74) is 0. The molecule has 1 saturated heterocycles. The Morgan fingerprint density at radius 2 is 1.93 bits per heavy atom. The number of ether oxygens (including phenoxy) is 2. The lowest BCUT2D eigenvalue weighted by Crippen LogP contribution is -2.47. The lowest BCUT2D eigenvalue weighted by Gasteiger charge is -2.41. The molecule has 0 unspecified atom stereocenters. The first-order valence-electron chi connectivity index (χ1n) is 5.06. The van der Waals surface area contributed by atoms with E-state index in [1.54, 1.807) is 0 Å². The molecule has 1 heterocycles. The molecule has 2 atom stereocenters. The monoisotopic (exact) mass is 200 g/mol. The van der Waals surface area contributed by atoms with Crippen molar-refractivity contribution in [2.45, 2.75) is 18.9 Å². The van der Waals surface area contributed by atoms with E-state index in [1.807, 2.05) is 0 Å². The Morgan fingerprint density at radius 3 is 2.43 bits per heavy atom. The van der Waals surface area contributed by atoms with Crippen LogP contribution in [0.25, 0.3) is 0 Å². The summed E-state index contributed by atoms with van der Waals surface area (Å²) >= 11 is 0. The van der Waals surface area contributed by atoms with Crippen molar-refractivity contribution in [3.63, 3.8) is 0 Å². The molecule has 0 aromatic rings. The second-order valence-electron chi connectivity index (χ2n) is 4.24. The van der Waals surface area contributed by atoms with Gasteiger partial charge in [-0.3, -0.25) is 4.79 Å². The molecule has 0 amide bonds. The van der Waals surface area contributed by atoms with Gasteiger partial charge in [-0.05, 0) is 12.8 Å². The molecular weight excluding hydrogens is 184 g/mol. The third-order valence-electron chi connectivity index (χ3n) is 3.34. The summed E-state index contributed by atoms with van der Waals surface area (Å²) in [4.78, 5) is 11.4. The average Bonchev–Trinajstić information content (AvgIpc) is 2.16. The van der Waals surface area contributed by atoms with Crippen LogP contribution in [0, 0.1) is 17.8 Å². The Balaban J connectivity index is 2.03. The standard InChI is InChI=1S/C10H16O4/c1-13-10(12)6-2-7-4-14-5-8(3-6)9(7)11/h6-9,11H,2-5H2,1H3/t6?,7-,8-,9?/m1/s1. The Hall–Kier alpha value is -0.610. The Bertz CT molecular complexity index is 214. The summed E-state index contributed by atoms with van der Waals surface area (Å²) in [6.45, 7) is 1.15. The van der Waals surface area contributed by atoms with Crippen molar-refractivity contribution < 1.29 is 19.4 Å². The van der Waals surface area contributed by atoms with Gasteiger partial charge in [0.05, 0.1) is 32.3 Å². The van der Waals surface area contributed by atoms with Gasteiger partial charge in [0.2, 0.25) is 0 Å². The fraction of sp³-hybridized carbons (Fsp3) is 0.900. The SMILES string of the molecule is COC(=O)C1C[C@@H]2COC[C@@H](C1)C2O. The summed E-state index contributed by atoms with van der Waals surface area (Å²) in [7, 11) is 1.42. The lowest BCUT2D eigenvalue weighted by molar-refractivity contribution is -0.158. The maximum atomic E-state index is 11.4. The molecule has 80 valence electrons. The van der Waals surface area contributed by atoms with Gasteiger partial charge in [0, 0.05) is 11.8 Å². The Labute approximate surface area is 83.2 Å². The first-order valence-corrected chi connectivity index (χ1v) is 5.06. The van der Waals surface area contributed by atoms with Crippen molar-refractivity contribution in [1.82, 2.24) is 0 Å². The predicted molar refractivity (Wildman–Crippen MR) is 48.5 cm³/mol. The number of carbonyl (C=O) groups excluding carboxylic acids is 1. The van der Waals surface area contributed by atoms with Crippen LogP contribution in [-0.2, 0) is 14.3 Å². The average molecular weight is 200 g/mol. The van der Waals surface area contributed by atoms with Crippen molar-refractivity contribution in [3.05, 3.63) is 0 Å². The smallest absolute Gasteiger partial charge is 0.308 e. The largest absolute Gasteiger partial charge is 0.469 e. The number of rotatable bonds is 1. The van der Waals surface area contributed by atoms with Gasteiger partial charge in [0.15, 0.2) is 0 Å². The molecule has 1 aliphatic heterocycles. The molecule has 2 aliphatic rings. The molecule has 0 spiro atoms. The highest BCUT2D eigenvalue weighted by Gasteiger charge is 2.42. The zero-order valence-electron chi connectivity index (χ0n) is 8.31. The van der Waals surface area contributed by atoms with Gasteiger partial charge in [0.25, 0.3) is 0 Å². The van der Waals surface area contributed by atoms with Gasteiger partial charge in [-0.25, -0.2) is 0 Å². The van der Waals surface area contributed by atoms with E-state index in [1.165, 1.54) is 7.11 Å². The first-order chi connectivity index (χ1) is 6.72.